The van der Waals surface area contributed by atoms with Crippen molar-refractivity contribution in [3.8, 4) is 12.3 Å². The number of rotatable bonds is 3. The van der Waals surface area contributed by atoms with Gasteiger partial charge in [0.05, 0.1) is 11.2 Å². The largest absolute Gasteiger partial charge is 0.337 e. The fraction of sp³-hybridized carbons (Fsp3) is 0.200. The summed E-state index contributed by atoms with van der Waals surface area (Å²) in [6.07, 6.45) is 8.00. The summed E-state index contributed by atoms with van der Waals surface area (Å²) in [5, 5.41) is 7.32. The normalized spacial score (nSPS) is 16.7. The van der Waals surface area contributed by atoms with Crippen LogP contribution in [0.1, 0.15) is 23.5 Å². The van der Waals surface area contributed by atoms with Gasteiger partial charge in [0.15, 0.2) is 0 Å². The molecule has 1 aromatic heterocycles. The standard InChI is InChI=1S/C20H17FN4/c1-2-13-3-5-17(21)19(9-13)25-20-16-10-14(15-7-8-22-11-15)4-6-18(16)23-12-24-20/h1,3-6,9-10,12,15,22H,7-8,11H2,(H,23,24,25)/t15-/m1/s1. The Morgan fingerprint density at radius 3 is 2.92 bits per heavy atom. The Hall–Kier alpha value is -2.97. The van der Waals surface area contributed by atoms with Gasteiger partial charge in [0.1, 0.15) is 18.0 Å². The number of anilines is 2. The highest BCUT2D eigenvalue weighted by atomic mass is 19.1. The van der Waals surface area contributed by atoms with Crippen LogP contribution in [0.25, 0.3) is 10.9 Å². The van der Waals surface area contributed by atoms with E-state index in [0.29, 0.717) is 23.0 Å². The maximum atomic E-state index is 14.1. The van der Waals surface area contributed by atoms with Gasteiger partial charge in [0.2, 0.25) is 0 Å². The molecule has 0 aliphatic carbocycles. The number of benzene rings is 2. The van der Waals surface area contributed by atoms with Gasteiger partial charge in [-0.05, 0) is 54.8 Å². The first-order chi connectivity index (χ1) is 12.2. The molecule has 0 radical (unpaired) electrons. The molecule has 25 heavy (non-hydrogen) atoms. The molecule has 3 aromatic rings. The molecule has 1 aliphatic rings. The van der Waals surface area contributed by atoms with Crippen LogP contribution in [0.4, 0.5) is 15.9 Å². The highest BCUT2D eigenvalue weighted by Gasteiger charge is 2.18. The van der Waals surface area contributed by atoms with E-state index in [1.54, 1.807) is 12.1 Å². The Morgan fingerprint density at radius 2 is 2.12 bits per heavy atom. The number of nitrogens with zero attached hydrogens (tertiary/aromatic N) is 2. The predicted molar refractivity (Wildman–Crippen MR) is 97.4 cm³/mol. The summed E-state index contributed by atoms with van der Waals surface area (Å²) in [4.78, 5) is 8.62. The molecule has 0 bridgehead atoms. The summed E-state index contributed by atoms with van der Waals surface area (Å²) in [6.45, 7) is 2.00. The van der Waals surface area contributed by atoms with E-state index in [2.05, 4.69) is 38.7 Å². The second-order valence-electron chi connectivity index (χ2n) is 6.15. The first-order valence-corrected chi connectivity index (χ1v) is 8.23. The van der Waals surface area contributed by atoms with Crippen molar-refractivity contribution in [1.82, 2.24) is 15.3 Å². The van der Waals surface area contributed by atoms with Crippen molar-refractivity contribution in [3.05, 3.63) is 59.7 Å². The second kappa shape index (κ2) is 6.50. The lowest BCUT2D eigenvalue weighted by Gasteiger charge is -2.13. The van der Waals surface area contributed by atoms with Crippen molar-refractivity contribution >= 4 is 22.4 Å². The molecule has 2 aromatic carbocycles. The average Bonchev–Trinajstić information content (AvgIpc) is 3.18. The van der Waals surface area contributed by atoms with E-state index in [9.17, 15) is 4.39 Å². The zero-order valence-corrected chi connectivity index (χ0v) is 13.6. The highest BCUT2D eigenvalue weighted by molar-refractivity contribution is 5.91. The molecule has 4 nitrogen and oxygen atoms in total. The summed E-state index contributed by atoms with van der Waals surface area (Å²) < 4.78 is 14.1. The molecule has 1 fully saturated rings. The lowest BCUT2D eigenvalue weighted by atomic mass is 9.97. The van der Waals surface area contributed by atoms with Gasteiger partial charge in [-0.3, -0.25) is 0 Å². The highest BCUT2D eigenvalue weighted by Crippen LogP contribution is 2.30. The molecule has 1 aliphatic heterocycles. The Labute approximate surface area is 145 Å². The Kier molecular flexibility index (Phi) is 4.04. The molecule has 0 spiro atoms. The van der Waals surface area contributed by atoms with E-state index in [0.717, 1.165) is 30.4 Å². The Morgan fingerprint density at radius 1 is 1.20 bits per heavy atom. The number of aromatic nitrogens is 2. The lowest BCUT2D eigenvalue weighted by molar-refractivity contribution is 0.631. The number of terminal acetylenes is 1. The molecular weight excluding hydrogens is 315 g/mol. The van der Waals surface area contributed by atoms with E-state index >= 15 is 0 Å². The SMILES string of the molecule is C#Cc1ccc(F)c(Nc2ncnc3ccc([C@@H]4CCNC4)cc23)c1. The van der Waals surface area contributed by atoms with Gasteiger partial charge in [-0.2, -0.15) is 0 Å². The summed E-state index contributed by atoms with van der Waals surface area (Å²) in [5.74, 6) is 3.20. The predicted octanol–water partition coefficient (Wildman–Crippen LogP) is 3.57. The molecule has 2 heterocycles. The number of nitrogens with one attached hydrogen (secondary N) is 2. The number of hydrogen-bond acceptors (Lipinski definition) is 4. The third-order valence-corrected chi connectivity index (χ3v) is 4.58. The van der Waals surface area contributed by atoms with Crippen LogP contribution >= 0.6 is 0 Å². The van der Waals surface area contributed by atoms with Gasteiger partial charge in [-0.1, -0.05) is 12.0 Å². The second-order valence-corrected chi connectivity index (χ2v) is 6.15. The molecule has 0 amide bonds. The van der Waals surface area contributed by atoms with Crippen LogP contribution in [0.5, 0.6) is 0 Å². The van der Waals surface area contributed by atoms with Crippen LogP contribution in [0.3, 0.4) is 0 Å². The van der Waals surface area contributed by atoms with Crippen LogP contribution in [0.15, 0.2) is 42.7 Å². The Balaban J connectivity index is 1.76. The zero-order valence-electron chi connectivity index (χ0n) is 13.6. The van der Waals surface area contributed by atoms with Crippen LogP contribution in [0.2, 0.25) is 0 Å². The molecule has 0 saturated carbocycles. The minimum Gasteiger partial charge on any atom is -0.337 e. The van der Waals surface area contributed by atoms with Crippen molar-refractivity contribution in [2.24, 2.45) is 0 Å². The van der Waals surface area contributed by atoms with E-state index < -0.39 is 0 Å². The maximum Gasteiger partial charge on any atom is 0.146 e. The van der Waals surface area contributed by atoms with Crippen molar-refractivity contribution in [2.45, 2.75) is 12.3 Å². The monoisotopic (exact) mass is 332 g/mol. The maximum absolute atomic E-state index is 14.1. The van der Waals surface area contributed by atoms with Crippen molar-refractivity contribution in [1.29, 1.82) is 0 Å². The topological polar surface area (TPSA) is 49.8 Å². The van der Waals surface area contributed by atoms with Crippen LogP contribution in [0, 0.1) is 18.2 Å². The summed E-state index contributed by atoms with van der Waals surface area (Å²) in [7, 11) is 0. The number of fused-ring (bicyclic) bond motifs is 1. The summed E-state index contributed by atoms with van der Waals surface area (Å²) >= 11 is 0. The molecule has 5 heteroatoms. The van der Waals surface area contributed by atoms with Crippen molar-refractivity contribution in [2.75, 3.05) is 18.4 Å². The zero-order chi connectivity index (χ0) is 17.2. The molecule has 0 unspecified atom stereocenters. The van der Waals surface area contributed by atoms with Crippen molar-refractivity contribution < 1.29 is 4.39 Å². The molecule has 4 rings (SSSR count). The van der Waals surface area contributed by atoms with Crippen molar-refractivity contribution in [3.63, 3.8) is 0 Å². The first kappa shape index (κ1) is 15.6. The minimum atomic E-state index is -0.373. The average molecular weight is 332 g/mol. The molecule has 124 valence electrons. The van der Waals surface area contributed by atoms with Crippen LogP contribution < -0.4 is 10.6 Å². The van der Waals surface area contributed by atoms with E-state index in [1.807, 2.05) is 6.07 Å². The molecular formula is C20H17FN4. The lowest BCUT2D eigenvalue weighted by Crippen LogP contribution is -2.08. The van der Waals surface area contributed by atoms with Gasteiger partial charge in [-0.25, -0.2) is 14.4 Å². The third kappa shape index (κ3) is 3.04. The number of hydrogen-bond donors (Lipinski definition) is 2. The minimum absolute atomic E-state index is 0.309. The fourth-order valence-electron chi connectivity index (χ4n) is 3.21. The van der Waals surface area contributed by atoms with Gasteiger partial charge in [-0.15, -0.1) is 6.42 Å². The third-order valence-electron chi connectivity index (χ3n) is 4.58. The quantitative estimate of drug-likeness (QED) is 0.720. The van der Waals surface area contributed by atoms with E-state index in [4.69, 9.17) is 6.42 Å². The smallest absolute Gasteiger partial charge is 0.146 e. The first-order valence-electron chi connectivity index (χ1n) is 8.23. The summed E-state index contributed by atoms with van der Waals surface area (Å²) in [5.41, 5.74) is 2.98. The molecule has 1 saturated heterocycles. The van der Waals surface area contributed by atoms with Gasteiger partial charge in [0.25, 0.3) is 0 Å². The van der Waals surface area contributed by atoms with E-state index in [1.165, 1.54) is 18.0 Å². The van der Waals surface area contributed by atoms with Gasteiger partial charge < -0.3 is 10.6 Å². The fourth-order valence-corrected chi connectivity index (χ4v) is 3.21. The summed E-state index contributed by atoms with van der Waals surface area (Å²) in [6, 6.07) is 10.7. The molecule has 1 atom stereocenters. The van der Waals surface area contributed by atoms with E-state index in [-0.39, 0.29) is 5.82 Å². The Bertz CT molecular complexity index is 971. The van der Waals surface area contributed by atoms with Gasteiger partial charge >= 0.3 is 0 Å². The van der Waals surface area contributed by atoms with Gasteiger partial charge in [0, 0.05) is 17.5 Å². The van der Waals surface area contributed by atoms with Crippen LogP contribution in [-0.4, -0.2) is 23.1 Å². The number of halogens is 1. The van der Waals surface area contributed by atoms with Crippen LogP contribution in [-0.2, 0) is 0 Å². The molecule has 2 N–H and O–H groups in total.